The number of aliphatic hydroxyl groups excluding tert-OH is 1. The zero-order valence-electron chi connectivity index (χ0n) is 12.1. The zero-order valence-corrected chi connectivity index (χ0v) is 12.1. The van der Waals surface area contributed by atoms with Crippen LogP contribution in [0.4, 0.5) is 5.69 Å². The molecule has 1 aromatic rings. The highest BCUT2D eigenvalue weighted by molar-refractivity contribution is 6.39. The van der Waals surface area contributed by atoms with Crippen molar-refractivity contribution in [1.82, 2.24) is 5.32 Å². The van der Waals surface area contributed by atoms with Gasteiger partial charge in [0, 0.05) is 5.69 Å². The van der Waals surface area contributed by atoms with Gasteiger partial charge in [-0.05, 0) is 38.1 Å². The topological polar surface area (TPSA) is 105 Å². The highest BCUT2D eigenvalue weighted by Crippen LogP contribution is 2.10. The average molecular weight is 294 g/mol. The van der Waals surface area contributed by atoms with E-state index < -0.39 is 23.3 Å². The number of carbonyl (C=O) groups excluding carboxylic acids is 3. The lowest BCUT2D eigenvalue weighted by molar-refractivity contribution is -0.137. The molecule has 3 N–H and O–H groups in total. The largest absolute Gasteiger partial charge is 0.465 e. The number of amides is 2. The summed E-state index contributed by atoms with van der Waals surface area (Å²) in [6.07, 6.45) is 0. The molecule has 0 heterocycles. The SMILES string of the molecule is COC(=O)c1ccc(NC(=O)C(=O)NC(C)(C)CO)cc1. The summed E-state index contributed by atoms with van der Waals surface area (Å²) in [7, 11) is 1.27. The van der Waals surface area contributed by atoms with Crippen molar-refractivity contribution in [3.8, 4) is 0 Å². The Balaban J connectivity index is 2.67. The lowest BCUT2D eigenvalue weighted by Gasteiger charge is -2.22. The zero-order chi connectivity index (χ0) is 16.0. The number of nitrogens with one attached hydrogen (secondary N) is 2. The van der Waals surface area contributed by atoms with Crippen LogP contribution in [0.2, 0.25) is 0 Å². The van der Waals surface area contributed by atoms with E-state index in [-0.39, 0.29) is 6.61 Å². The summed E-state index contributed by atoms with van der Waals surface area (Å²) in [5.74, 6) is -2.20. The van der Waals surface area contributed by atoms with E-state index in [0.717, 1.165) is 0 Å². The molecule has 0 radical (unpaired) electrons. The number of esters is 1. The second kappa shape index (κ2) is 6.85. The predicted octanol–water partition coefficient (Wildman–Crippen LogP) is 0.299. The molecule has 0 bridgehead atoms. The summed E-state index contributed by atoms with van der Waals surface area (Å²) in [5, 5.41) is 13.8. The number of benzene rings is 1. The second-order valence-electron chi connectivity index (χ2n) is 5.02. The number of anilines is 1. The Morgan fingerprint density at radius 3 is 2.19 bits per heavy atom. The number of methoxy groups -OCH3 is 1. The quantitative estimate of drug-likeness (QED) is 0.547. The lowest BCUT2D eigenvalue weighted by atomic mass is 10.1. The fraction of sp³-hybridized carbons (Fsp3) is 0.357. The van der Waals surface area contributed by atoms with Gasteiger partial charge in [-0.15, -0.1) is 0 Å². The van der Waals surface area contributed by atoms with E-state index in [1.807, 2.05) is 0 Å². The smallest absolute Gasteiger partial charge is 0.337 e. The van der Waals surface area contributed by atoms with Crippen LogP contribution in [0.15, 0.2) is 24.3 Å². The Hall–Kier alpha value is -2.41. The first kappa shape index (κ1) is 16.6. The van der Waals surface area contributed by atoms with Crippen LogP contribution in [0.1, 0.15) is 24.2 Å². The van der Waals surface area contributed by atoms with Crippen molar-refractivity contribution in [2.24, 2.45) is 0 Å². The molecule has 7 heteroatoms. The molecule has 0 aliphatic heterocycles. The van der Waals surface area contributed by atoms with Gasteiger partial charge in [-0.2, -0.15) is 0 Å². The van der Waals surface area contributed by atoms with Gasteiger partial charge in [0.1, 0.15) is 0 Å². The molecule has 0 aliphatic carbocycles. The molecule has 0 spiro atoms. The summed E-state index contributed by atoms with van der Waals surface area (Å²) in [4.78, 5) is 34.6. The van der Waals surface area contributed by atoms with Crippen molar-refractivity contribution in [3.63, 3.8) is 0 Å². The van der Waals surface area contributed by atoms with Crippen molar-refractivity contribution in [2.75, 3.05) is 19.0 Å². The Morgan fingerprint density at radius 2 is 1.71 bits per heavy atom. The van der Waals surface area contributed by atoms with Crippen molar-refractivity contribution in [2.45, 2.75) is 19.4 Å². The van der Waals surface area contributed by atoms with Crippen LogP contribution < -0.4 is 10.6 Å². The van der Waals surface area contributed by atoms with E-state index in [9.17, 15) is 14.4 Å². The van der Waals surface area contributed by atoms with Crippen LogP contribution in [0, 0.1) is 0 Å². The third kappa shape index (κ3) is 4.88. The fourth-order valence-electron chi connectivity index (χ4n) is 1.40. The van der Waals surface area contributed by atoms with Crippen molar-refractivity contribution >= 4 is 23.5 Å². The standard InChI is InChI=1S/C14H18N2O5/c1-14(2,8-17)16-12(19)11(18)15-10-6-4-9(5-7-10)13(20)21-3/h4-7,17H,8H2,1-3H3,(H,15,18)(H,16,19). The fourth-order valence-corrected chi connectivity index (χ4v) is 1.40. The van der Waals surface area contributed by atoms with Crippen molar-refractivity contribution in [1.29, 1.82) is 0 Å². The molecule has 0 saturated heterocycles. The average Bonchev–Trinajstić information content (AvgIpc) is 2.46. The van der Waals surface area contributed by atoms with Gasteiger partial charge >= 0.3 is 17.8 Å². The molecule has 0 atom stereocenters. The molecular formula is C14H18N2O5. The molecule has 0 unspecified atom stereocenters. The minimum Gasteiger partial charge on any atom is -0.465 e. The summed E-state index contributed by atoms with van der Waals surface area (Å²) < 4.78 is 4.55. The van der Waals surface area contributed by atoms with Crippen LogP contribution in [-0.4, -0.2) is 42.1 Å². The summed E-state index contributed by atoms with van der Waals surface area (Å²) in [6.45, 7) is 2.88. The maximum absolute atomic E-state index is 11.7. The molecule has 7 nitrogen and oxygen atoms in total. The summed E-state index contributed by atoms with van der Waals surface area (Å²) in [5.41, 5.74) is -0.186. The van der Waals surface area contributed by atoms with Gasteiger partial charge in [0.15, 0.2) is 0 Å². The molecule has 1 aromatic carbocycles. The third-order valence-electron chi connectivity index (χ3n) is 2.62. The van der Waals surface area contributed by atoms with Crippen molar-refractivity contribution in [3.05, 3.63) is 29.8 Å². The monoisotopic (exact) mass is 294 g/mol. The van der Waals surface area contributed by atoms with E-state index in [4.69, 9.17) is 5.11 Å². The predicted molar refractivity (Wildman–Crippen MR) is 75.7 cm³/mol. The molecule has 1 rings (SSSR count). The van der Waals surface area contributed by atoms with Crippen LogP contribution in [0.25, 0.3) is 0 Å². The Morgan fingerprint density at radius 1 is 1.14 bits per heavy atom. The first-order chi connectivity index (χ1) is 9.79. The molecule has 114 valence electrons. The number of hydrogen-bond acceptors (Lipinski definition) is 5. The first-order valence-electron chi connectivity index (χ1n) is 6.22. The molecule has 0 fully saturated rings. The van der Waals surface area contributed by atoms with E-state index in [0.29, 0.717) is 11.3 Å². The van der Waals surface area contributed by atoms with Crippen LogP contribution in [0.5, 0.6) is 0 Å². The summed E-state index contributed by atoms with van der Waals surface area (Å²) >= 11 is 0. The molecule has 0 aliphatic rings. The van der Waals surface area contributed by atoms with E-state index >= 15 is 0 Å². The second-order valence-corrected chi connectivity index (χ2v) is 5.02. The lowest BCUT2D eigenvalue weighted by Crippen LogP contribution is -2.50. The Bertz CT molecular complexity index is 537. The number of hydrogen-bond donors (Lipinski definition) is 3. The van der Waals surface area contributed by atoms with Gasteiger partial charge < -0.3 is 20.5 Å². The molecule has 21 heavy (non-hydrogen) atoms. The number of ether oxygens (including phenoxy) is 1. The third-order valence-corrected chi connectivity index (χ3v) is 2.62. The summed E-state index contributed by atoms with van der Waals surface area (Å²) in [6, 6.07) is 5.90. The highest BCUT2D eigenvalue weighted by atomic mass is 16.5. The molecule has 0 aromatic heterocycles. The molecule has 2 amide bonds. The van der Waals surface area contributed by atoms with Crippen LogP contribution >= 0.6 is 0 Å². The van der Waals surface area contributed by atoms with Gasteiger partial charge in [-0.3, -0.25) is 9.59 Å². The molecule has 0 saturated carbocycles. The first-order valence-corrected chi connectivity index (χ1v) is 6.22. The highest BCUT2D eigenvalue weighted by Gasteiger charge is 2.23. The van der Waals surface area contributed by atoms with E-state index in [1.54, 1.807) is 13.8 Å². The normalized spacial score (nSPS) is 10.7. The van der Waals surface area contributed by atoms with Crippen LogP contribution in [-0.2, 0) is 14.3 Å². The minimum absolute atomic E-state index is 0.292. The van der Waals surface area contributed by atoms with Crippen LogP contribution in [0.3, 0.4) is 0 Å². The van der Waals surface area contributed by atoms with Gasteiger partial charge in [0.2, 0.25) is 0 Å². The van der Waals surface area contributed by atoms with E-state index in [1.165, 1.54) is 31.4 Å². The van der Waals surface area contributed by atoms with Gasteiger partial charge in [-0.25, -0.2) is 4.79 Å². The maximum atomic E-state index is 11.7. The van der Waals surface area contributed by atoms with Crippen molar-refractivity contribution < 1.29 is 24.2 Å². The van der Waals surface area contributed by atoms with E-state index in [2.05, 4.69) is 15.4 Å². The van der Waals surface area contributed by atoms with Gasteiger partial charge in [0.25, 0.3) is 0 Å². The molecular weight excluding hydrogens is 276 g/mol. The maximum Gasteiger partial charge on any atom is 0.337 e. The minimum atomic E-state index is -0.886. The number of aliphatic hydroxyl groups is 1. The van der Waals surface area contributed by atoms with Gasteiger partial charge in [-0.1, -0.05) is 0 Å². The number of carbonyl (C=O) groups is 3. The Kier molecular flexibility index (Phi) is 5.43. The Labute approximate surface area is 122 Å². The number of rotatable bonds is 4. The van der Waals surface area contributed by atoms with Gasteiger partial charge in [0.05, 0.1) is 24.8 Å².